The van der Waals surface area contributed by atoms with Gasteiger partial charge in [0.25, 0.3) is 0 Å². The van der Waals surface area contributed by atoms with E-state index in [-0.39, 0.29) is 0 Å². The van der Waals surface area contributed by atoms with E-state index in [0.29, 0.717) is 21.4 Å². The molecular formula is C13H11Cl3N2. The number of hydrogen-bond acceptors (Lipinski definition) is 2. The van der Waals surface area contributed by atoms with E-state index >= 15 is 0 Å². The van der Waals surface area contributed by atoms with Crippen LogP contribution < -0.4 is 11.5 Å². The van der Waals surface area contributed by atoms with Crippen molar-refractivity contribution in [1.29, 1.82) is 0 Å². The van der Waals surface area contributed by atoms with Crippen molar-refractivity contribution in [2.45, 2.75) is 5.38 Å². The maximum atomic E-state index is 6.39. The molecule has 1 atom stereocenters. The molecule has 0 heterocycles. The van der Waals surface area contributed by atoms with Crippen LogP contribution in [0.15, 0.2) is 36.4 Å². The highest BCUT2D eigenvalue weighted by molar-refractivity contribution is 6.44. The first-order chi connectivity index (χ1) is 8.50. The summed E-state index contributed by atoms with van der Waals surface area (Å²) in [7, 11) is 0. The van der Waals surface area contributed by atoms with Crippen LogP contribution in [0.4, 0.5) is 11.4 Å². The van der Waals surface area contributed by atoms with Crippen molar-refractivity contribution in [2.24, 2.45) is 0 Å². The van der Waals surface area contributed by atoms with Gasteiger partial charge in [-0.15, -0.1) is 11.6 Å². The molecule has 0 saturated heterocycles. The Morgan fingerprint density at radius 1 is 0.833 bits per heavy atom. The molecule has 0 spiro atoms. The molecule has 5 heteroatoms. The second-order valence-electron chi connectivity index (χ2n) is 3.90. The Morgan fingerprint density at radius 2 is 1.44 bits per heavy atom. The molecule has 0 aliphatic heterocycles. The van der Waals surface area contributed by atoms with Gasteiger partial charge in [-0.1, -0.05) is 41.4 Å². The fraction of sp³-hybridized carbons (Fsp3) is 0.0769. The lowest BCUT2D eigenvalue weighted by Crippen LogP contribution is -1.97. The van der Waals surface area contributed by atoms with Crippen molar-refractivity contribution in [2.75, 3.05) is 11.5 Å². The molecular weight excluding hydrogens is 291 g/mol. The Kier molecular flexibility index (Phi) is 3.91. The molecule has 0 radical (unpaired) electrons. The van der Waals surface area contributed by atoms with Gasteiger partial charge in [0.05, 0.1) is 21.1 Å². The average molecular weight is 302 g/mol. The molecule has 18 heavy (non-hydrogen) atoms. The van der Waals surface area contributed by atoms with Gasteiger partial charge < -0.3 is 11.5 Å². The maximum absolute atomic E-state index is 6.39. The van der Waals surface area contributed by atoms with Gasteiger partial charge in [-0.05, 0) is 29.3 Å². The van der Waals surface area contributed by atoms with Crippen LogP contribution >= 0.6 is 34.8 Å². The zero-order chi connectivity index (χ0) is 13.3. The summed E-state index contributed by atoms with van der Waals surface area (Å²) in [5.74, 6) is 0. The number of benzene rings is 2. The second kappa shape index (κ2) is 5.27. The summed E-state index contributed by atoms with van der Waals surface area (Å²) in [5, 5.41) is 0.319. The number of hydrogen-bond donors (Lipinski definition) is 2. The first kappa shape index (κ1) is 13.3. The van der Waals surface area contributed by atoms with Gasteiger partial charge in [-0.2, -0.15) is 0 Å². The number of rotatable bonds is 2. The predicted octanol–water partition coefficient (Wildman–Crippen LogP) is 4.49. The summed E-state index contributed by atoms with van der Waals surface area (Å²) >= 11 is 18.5. The molecule has 0 aliphatic rings. The lowest BCUT2D eigenvalue weighted by molar-refractivity contribution is 1.14. The maximum Gasteiger partial charge on any atom is 0.0850 e. The summed E-state index contributed by atoms with van der Waals surface area (Å²) in [5.41, 5.74) is 14.0. The third kappa shape index (κ3) is 2.51. The summed E-state index contributed by atoms with van der Waals surface area (Å²) < 4.78 is 0. The van der Waals surface area contributed by atoms with Crippen LogP contribution in [-0.2, 0) is 0 Å². The van der Waals surface area contributed by atoms with Crippen molar-refractivity contribution in [3.63, 3.8) is 0 Å². The van der Waals surface area contributed by atoms with Gasteiger partial charge in [0.1, 0.15) is 0 Å². The molecule has 2 nitrogen and oxygen atoms in total. The average Bonchev–Trinajstić information content (AvgIpc) is 2.36. The third-order valence-electron chi connectivity index (χ3n) is 2.64. The first-order valence-electron chi connectivity index (χ1n) is 5.23. The topological polar surface area (TPSA) is 52.0 Å². The van der Waals surface area contributed by atoms with E-state index in [4.69, 9.17) is 46.3 Å². The van der Waals surface area contributed by atoms with Crippen LogP contribution in [0.5, 0.6) is 0 Å². The van der Waals surface area contributed by atoms with E-state index in [1.54, 1.807) is 24.3 Å². The standard InChI is InChI=1S/C13H11Cl3N2/c14-11(7-1-3-8(17)4-2-7)9-5-6-10(18)13(16)12(9)15/h1-6,11H,17-18H2. The van der Waals surface area contributed by atoms with Gasteiger partial charge in [0.15, 0.2) is 0 Å². The molecule has 2 aromatic rings. The molecule has 0 bridgehead atoms. The van der Waals surface area contributed by atoms with Crippen molar-refractivity contribution in [1.82, 2.24) is 0 Å². The Labute approximate surface area is 120 Å². The highest BCUT2D eigenvalue weighted by Crippen LogP contribution is 2.39. The van der Waals surface area contributed by atoms with E-state index < -0.39 is 5.38 Å². The first-order valence-corrected chi connectivity index (χ1v) is 6.43. The number of anilines is 2. The molecule has 1 unspecified atom stereocenters. The van der Waals surface area contributed by atoms with E-state index in [1.165, 1.54) is 0 Å². The van der Waals surface area contributed by atoms with Gasteiger partial charge in [-0.25, -0.2) is 0 Å². The second-order valence-corrected chi connectivity index (χ2v) is 5.09. The van der Waals surface area contributed by atoms with E-state index in [9.17, 15) is 0 Å². The van der Waals surface area contributed by atoms with Crippen molar-refractivity contribution in [3.8, 4) is 0 Å². The Balaban J connectivity index is 2.43. The summed E-state index contributed by atoms with van der Waals surface area (Å²) in [6.07, 6.45) is 0. The Morgan fingerprint density at radius 3 is 2.06 bits per heavy atom. The highest BCUT2D eigenvalue weighted by Gasteiger charge is 2.17. The fourth-order valence-corrected chi connectivity index (χ4v) is 2.46. The summed E-state index contributed by atoms with van der Waals surface area (Å²) in [6.45, 7) is 0. The fourth-order valence-electron chi connectivity index (χ4n) is 1.62. The minimum Gasteiger partial charge on any atom is -0.399 e. The highest BCUT2D eigenvalue weighted by atomic mass is 35.5. The normalized spacial score (nSPS) is 12.4. The van der Waals surface area contributed by atoms with E-state index in [2.05, 4.69) is 0 Å². The zero-order valence-electron chi connectivity index (χ0n) is 9.33. The molecule has 0 amide bonds. The van der Waals surface area contributed by atoms with Gasteiger partial charge in [0.2, 0.25) is 0 Å². The Bertz CT molecular complexity index is 567. The lowest BCUT2D eigenvalue weighted by atomic mass is 10.0. The van der Waals surface area contributed by atoms with Crippen LogP contribution in [-0.4, -0.2) is 0 Å². The molecule has 94 valence electrons. The van der Waals surface area contributed by atoms with Gasteiger partial charge in [-0.3, -0.25) is 0 Å². The number of nitrogens with two attached hydrogens (primary N) is 2. The largest absolute Gasteiger partial charge is 0.399 e. The minimum absolute atomic E-state index is 0.329. The van der Waals surface area contributed by atoms with Crippen LogP contribution in [0.3, 0.4) is 0 Å². The molecule has 0 aliphatic carbocycles. The smallest absolute Gasteiger partial charge is 0.0850 e. The number of alkyl halides is 1. The molecule has 0 aromatic heterocycles. The third-order valence-corrected chi connectivity index (χ3v) is 4.04. The van der Waals surface area contributed by atoms with Crippen LogP contribution in [0.25, 0.3) is 0 Å². The quantitative estimate of drug-likeness (QED) is 0.634. The van der Waals surface area contributed by atoms with Crippen LogP contribution in [0.2, 0.25) is 10.0 Å². The monoisotopic (exact) mass is 300 g/mol. The van der Waals surface area contributed by atoms with Crippen LogP contribution in [0, 0.1) is 0 Å². The van der Waals surface area contributed by atoms with Crippen LogP contribution in [0.1, 0.15) is 16.5 Å². The summed E-state index contributed by atoms with van der Waals surface area (Å²) in [6, 6.07) is 10.8. The molecule has 0 fully saturated rings. The SMILES string of the molecule is Nc1ccc(C(Cl)c2ccc(N)c(Cl)c2Cl)cc1. The van der Waals surface area contributed by atoms with Crippen molar-refractivity contribution in [3.05, 3.63) is 57.6 Å². The lowest BCUT2D eigenvalue weighted by Gasteiger charge is -2.14. The minimum atomic E-state index is -0.392. The molecule has 2 aromatic carbocycles. The van der Waals surface area contributed by atoms with E-state index in [1.807, 2.05) is 12.1 Å². The van der Waals surface area contributed by atoms with Crippen molar-refractivity contribution >= 4 is 46.2 Å². The molecule has 0 saturated carbocycles. The van der Waals surface area contributed by atoms with Crippen molar-refractivity contribution < 1.29 is 0 Å². The molecule has 4 N–H and O–H groups in total. The number of halogens is 3. The summed E-state index contributed by atoms with van der Waals surface area (Å²) in [4.78, 5) is 0. The zero-order valence-corrected chi connectivity index (χ0v) is 11.6. The molecule has 2 rings (SSSR count). The predicted molar refractivity (Wildman–Crippen MR) is 79.4 cm³/mol. The van der Waals surface area contributed by atoms with Gasteiger partial charge in [0, 0.05) is 5.69 Å². The Hall–Kier alpha value is -1.09. The van der Waals surface area contributed by atoms with Gasteiger partial charge >= 0.3 is 0 Å². The van der Waals surface area contributed by atoms with E-state index in [0.717, 1.165) is 11.1 Å². The number of nitrogen functional groups attached to an aromatic ring is 2.